The van der Waals surface area contributed by atoms with E-state index in [-0.39, 0.29) is 209 Å². The number of unbranched alkanes of at least 4 members (excludes halogenated alkanes) is 9. The summed E-state index contributed by atoms with van der Waals surface area (Å²) in [5.74, 6) is -1.42. The smallest absolute Gasteiger partial charge is 0.280 e. The van der Waals surface area contributed by atoms with Gasteiger partial charge in [0.1, 0.15) is 26.2 Å². The van der Waals surface area contributed by atoms with Gasteiger partial charge < -0.3 is 125 Å². The summed E-state index contributed by atoms with van der Waals surface area (Å²) in [6.07, 6.45) is 20.4. The molecule has 9 rings (SSSR count). The van der Waals surface area contributed by atoms with Crippen LogP contribution in [0, 0.1) is 12.3 Å². The van der Waals surface area contributed by atoms with Gasteiger partial charge in [-0.2, -0.15) is 19.9 Å². The fourth-order valence-corrected chi connectivity index (χ4v) is 15.0. The lowest BCUT2D eigenvalue weighted by molar-refractivity contribution is -0.136. The van der Waals surface area contributed by atoms with Crippen LogP contribution in [0.3, 0.4) is 0 Å². The van der Waals surface area contributed by atoms with Gasteiger partial charge in [0, 0.05) is 150 Å². The number of anilines is 4. The zero-order valence-electron chi connectivity index (χ0n) is 73.1. The van der Waals surface area contributed by atoms with E-state index < -0.39 is 51.8 Å². The lowest BCUT2D eigenvalue weighted by Gasteiger charge is -2.39. The topological polar surface area (TPSA) is 702 Å². The van der Waals surface area contributed by atoms with E-state index in [1.165, 1.54) is 63.2 Å². The molecule has 0 bridgehead atoms. The first-order valence-corrected chi connectivity index (χ1v) is 43.7. The minimum absolute atomic E-state index is 0.00157. The van der Waals surface area contributed by atoms with Gasteiger partial charge in [0.15, 0.2) is 44.7 Å². The molecule has 8 aromatic rings. The van der Waals surface area contributed by atoms with Crippen LogP contribution in [0.15, 0.2) is 44.5 Å². The van der Waals surface area contributed by atoms with Crippen molar-refractivity contribution in [1.29, 1.82) is 0 Å². The van der Waals surface area contributed by atoms with E-state index in [4.69, 9.17) is 52.3 Å². The monoisotopic (exact) mass is 1800 g/mol. The van der Waals surface area contributed by atoms with Crippen molar-refractivity contribution >= 4 is 122 Å². The second-order valence-corrected chi connectivity index (χ2v) is 31.6. The summed E-state index contributed by atoms with van der Waals surface area (Å²) >= 11 is 0. The molecule has 1 fully saturated rings. The van der Waals surface area contributed by atoms with Crippen LogP contribution in [0.5, 0.6) is 0 Å². The molecular weight excluding hydrogens is 1680 g/mol. The molecule has 25 N–H and O–H groups in total. The molecule has 1 unspecified atom stereocenters. The van der Waals surface area contributed by atoms with Crippen molar-refractivity contribution in [2.45, 2.75) is 129 Å². The number of nitrogen functional groups attached to an aromatic ring is 4. The van der Waals surface area contributed by atoms with Crippen molar-refractivity contribution in [1.82, 2.24) is 144 Å². The summed E-state index contributed by atoms with van der Waals surface area (Å²) in [6, 6.07) is -0.219. The molecule has 9 heterocycles. The number of terminal acetylenes is 1. The van der Waals surface area contributed by atoms with Crippen molar-refractivity contribution < 1.29 is 43.2 Å². The van der Waals surface area contributed by atoms with E-state index in [9.17, 15) is 62.3 Å². The Balaban J connectivity index is 0.873. The number of H-pyrrole nitrogens is 4. The van der Waals surface area contributed by atoms with Crippen LogP contribution in [-0.4, -0.2) is 360 Å². The zero-order valence-corrected chi connectivity index (χ0v) is 73.1. The molecule has 1 saturated heterocycles. The molecular formula is C79H125N37O13. The Hall–Kier alpha value is -12.9. The van der Waals surface area contributed by atoms with Gasteiger partial charge in [-0.1, -0.05) is 25.7 Å². The van der Waals surface area contributed by atoms with E-state index in [1.54, 1.807) is 0 Å². The predicted octanol–water partition coefficient (Wildman–Crippen LogP) is -7.35. The Labute approximate surface area is 742 Å². The van der Waals surface area contributed by atoms with Crippen LogP contribution in [0.1, 0.15) is 96.3 Å². The Kier molecular flexibility index (Phi) is 40.1. The molecule has 0 radical (unpaired) electrons. The van der Waals surface area contributed by atoms with E-state index in [0.29, 0.717) is 163 Å². The largest absolute Gasteiger partial charge is 0.369 e. The van der Waals surface area contributed by atoms with Crippen molar-refractivity contribution in [2.24, 2.45) is 22.9 Å². The van der Waals surface area contributed by atoms with Crippen LogP contribution in [0.2, 0.25) is 0 Å². The predicted molar refractivity (Wildman–Crippen MR) is 481 cm³/mol. The molecule has 0 saturated carbocycles. The third-order valence-corrected chi connectivity index (χ3v) is 21.8. The van der Waals surface area contributed by atoms with Crippen molar-refractivity contribution in [3.05, 3.63) is 66.7 Å². The third-order valence-electron chi connectivity index (χ3n) is 21.8. The fraction of sp³-hybridized carbons (Fsp3) is 0.608. The van der Waals surface area contributed by atoms with Gasteiger partial charge in [0.2, 0.25) is 77.0 Å². The number of aromatic amines is 4. The second-order valence-electron chi connectivity index (χ2n) is 31.6. The summed E-state index contributed by atoms with van der Waals surface area (Å²) in [7, 11) is 0. The number of amides is 9. The number of fused-ring (bicyclic) bond motifs is 4. The summed E-state index contributed by atoms with van der Waals surface area (Å²) in [6.45, 7) is 7.21. The Morgan fingerprint density at radius 3 is 0.969 bits per heavy atom. The summed E-state index contributed by atoms with van der Waals surface area (Å²) in [4.78, 5) is 230. The highest BCUT2D eigenvalue weighted by Gasteiger charge is 2.29. The third kappa shape index (κ3) is 31.5. The quantitative estimate of drug-likeness (QED) is 0.0124. The van der Waals surface area contributed by atoms with E-state index in [0.717, 1.165) is 32.1 Å². The molecule has 0 aromatic carbocycles. The average molecular weight is 1800 g/mol. The number of carbonyl (C=O) groups excluding carboxylic acids is 9. The molecule has 50 heteroatoms. The molecule has 704 valence electrons. The van der Waals surface area contributed by atoms with E-state index in [1.807, 2.05) is 0 Å². The summed E-state index contributed by atoms with van der Waals surface area (Å²) in [5, 5.41) is 15.1. The number of imidazole rings is 4. The van der Waals surface area contributed by atoms with Crippen molar-refractivity contribution in [3.8, 4) is 12.3 Å². The van der Waals surface area contributed by atoms with Crippen LogP contribution >= 0.6 is 0 Å². The molecule has 0 aliphatic carbocycles. The maximum atomic E-state index is 13.8. The molecule has 0 spiro atoms. The lowest BCUT2D eigenvalue weighted by atomic mass is 10.1. The maximum Gasteiger partial charge on any atom is 0.280 e. The van der Waals surface area contributed by atoms with Crippen molar-refractivity contribution in [3.63, 3.8) is 0 Å². The number of nitrogens with two attached hydrogens (primary N) is 8. The standard InChI is InChI=1S/C79H125N37O13/c1-2-3-8-17-55(117)92-40-54-41-107(28-15-6-11-24-90-58(120)44-111(32-20-82)62(124)48-115-52-95-66-70(115)99-78(86)103-74(66)128)37-36-105(26-13-4-9-22-88-56(118)42-109(30-18-80)60(122)46-113-50-93-64-68(113)97-76(84)101-72(64)126)34-35-106(27-14-5-10-23-89-57(119)43-110(31-19-81)61(123)47-114-51-94-65-69(114)98-77(85)102-73(65)127)38-39-108(54)29-16-7-12-25-91-59(121)45-112(33-21-83)63(125)49-116-53-96-67-71(116)100-79(87)104-75(67)129/h1,50-54H,3-49,80-83H2,(H,88,118)(H,89,119)(H,90,120)(H,91,121)(H,92,117)(H3,84,97,101,126)(H3,85,98,102,127)(H3,86,99,103,128)(H3,87,100,104,129). The highest BCUT2D eigenvalue weighted by atomic mass is 16.2. The van der Waals surface area contributed by atoms with Gasteiger partial charge in [-0.3, -0.25) is 87.2 Å². The number of hydrogen-bond acceptors (Lipinski definition) is 33. The second kappa shape index (κ2) is 51.8. The first kappa shape index (κ1) is 99.8. The number of rotatable bonds is 53. The highest BCUT2D eigenvalue weighted by molar-refractivity contribution is 5.89. The van der Waals surface area contributed by atoms with E-state index in [2.05, 4.69) is 112 Å². The van der Waals surface area contributed by atoms with Gasteiger partial charge in [-0.25, -0.2) is 19.9 Å². The minimum atomic E-state index is -0.564. The fourth-order valence-electron chi connectivity index (χ4n) is 15.0. The van der Waals surface area contributed by atoms with Crippen LogP contribution < -0.4 is 94.7 Å². The van der Waals surface area contributed by atoms with Gasteiger partial charge in [0.05, 0.1) is 51.5 Å². The van der Waals surface area contributed by atoms with Gasteiger partial charge in [-0.15, -0.1) is 12.3 Å². The first-order valence-electron chi connectivity index (χ1n) is 43.7. The van der Waals surface area contributed by atoms with Crippen LogP contribution in [0.25, 0.3) is 44.7 Å². The molecule has 8 aromatic heterocycles. The zero-order chi connectivity index (χ0) is 92.7. The number of aromatic nitrogens is 16. The minimum Gasteiger partial charge on any atom is -0.369 e. The molecule has 1 atom stereocenters. The summed E-state index contributed by atoms with van der Waals surface area (Å²) < 4.78 is 5.54. The Morgan fingerprint density at radius 2 is 0.667 bits per heavy atom. The van der Waals surface area contributed by atoms with Gasteiger partial charge in [-0.05, 0) is 84.0 Å². The highest BCUT2D eigenvalue weighted by Crippen LogP contribution is 2.17. The molecule has 1 aliphatic heterocycles. The van der Waals surface area contributed by atoms with Gasteiger partial charge in [0.25, 0.3) is 22.2 Å². The normalized spacial score (nSPS) is 13.8. The Bertz CT molecular complexity index is 5340. The Morgan fingerprint density at radius 1 is 0.380 bits per heavy atom. The maximum absolute atomic E-state index is 13.8. The van der Waals surface area contributed by atoms with Crippen LogP contribution in [-0.2, 0) is 69.3 Å². The van der Waals surface area contributed by atoms with Crippen molar-refractivity contribution in [2.75, 3.05) is 206 Å². The first-order chi connectivity index (χ1) is 62.2. The molecule has 50 nitrogen and oxygen atoms in total. The average Bonchev–Trinajstić information content (AvgIpc) is 1.68. The van der Waals surface area contributed by atoms with E-state index >= 15 is 0 Å². The molecule has 1 aliphatic rings. The van der Waals surface area contributed by atoms with Crippen LogP contribution in [0.4, 0.5) is 23.8 Å². The SMILES string of the molecule is C#CCCCC(=O)NCC1CN(CCCCCNC(=O)CN(CCN)C(=O)Cn2cnc3c(=O)[nH]c(N)nc32)CCN(CCCCCNC(=O)CN(CCN)C(=O)Cn2cnc3c(=O)[nH]c(N)nc32)CCN(CCCCCNC(=O)CN(CCN)C(=O)Cn2cnc3c(=O)[nH]c(N)nc32)CCN1CCCCCNC(=O)CN(CCN)C(=O)Cn1cnc2c(=O)[nH]c(N)nc21. The number of nitrogens with zero attached hydrogens (tertiary/aromatic N) is 20. The molecule has 9 amide bonds. The number of hydrogen-bond donors (Lipinski definition) is 17. The molecule has 129 heavy (non-hydrogen) atoms. The van der Waals surface area contributed by atoms with Gasteiger partial charge >= 0.3 is 0 Å². The number of nitrogens with one attached hydrogen (secondary N) is 9. The summed E-state index contributed by atoms with van der Waals surface area (Å²) in [5.41, 5.74) is 45.1. The number of carbonyl (C=O) groups is 9. The lowest BCUT2D eigenvalue weighted by Crippen LogP contribution is -2.54.